The van der Waals surface area contributed by atoms with Crippen molar-refractivity contribution in [2.45, 2.75) is 29.7 Å². The highest BCUT2D eigenvalue weighted by Gasteiger charge is 2.27. The number of ketones is 1. The van der Waals surface area contributed by atoms with Gasteiger partial charge in [-0.3, -0.25) is 4.79 Å². The lowest BCUT2D eigenvalue weighted by Gasteiger charge is -2.16. The molecule has 0 amide bonds. The summed E-state index contributed by atoms with van der Waals surface area (Å²) in [6.45, 7) is 1.96. The topological polar surface area (TPSA) is 69.7 Å². The van der Waals surface area contributed by atoms with Crippen LogP contribution < -0.4 is 9.47 Å². The van der Waals surface area contributed by atoms with E-state index in [2.05, 4.69) is 0 Å². The number of sulfone groups is 1. The monoisotopic (exact) mass is 410 g/mol. The number of hydrogen-bond donors (Lipinski definition) is 0. The van der Waals surface area contributed by atoms with Crippen LogP contribution in [0.2, 0.25) is 0 Å². The van der Waals surface area contributed by atoms with Crippen LogP contribution in [0.25, 0.3) is 0 Å². The Hall–Kier alpha value is -3.12. The van der Waals surface area contributed by atoms with Crippen LogP contribution in [0.5, 0.6) is 11.5 Å². The Balaban J connectivity index is 2.08. The number of hydrogen-bond acceptors (Lipinski definition) is 5. The van der Waals surface area contributed by atoms with Crippen LogP contribution in [-0.2, 0) is 16.4 Å². The third-order valence-corrected chi connectivity index (χ3v) is 6.28. The predicted molar refractivity (Wildman–Crippen MR) is 110 cm³/mol. The van der Waals surface area contributed by atoms with Crippen molar-refractivity contribution in [3.05, 3.63) is 83.9 Å². The first-order valence-electron chi connectivity index (χ1n) is 9.19. The highest BCUT2D eigenvalue weighted by atomic mass is 32.2. The number of Topliss-reactive ketones (excluding diaryl/α,β-unsaturated/α-hetero) is 1. The third-order valence-electron chi connectivity index (χ3n) is 4.47. The van der Waals surface area contributed by atoms with Gasteiger partial charge in [-0.15, -0.1) is 0 Å². The molecule has 0 radical (unpaired) electrons. The summed E-state index contributed by atoms with van der Waals surface area (Å²) < 4.78 is 37.6. The van der Waals surface area contributed by atoms with E-state index in [1.165, 1.54) is 31.4 Å². The minimum Gasteiger partial charge on any atom is -0.493 e. The van der Waals surface area contributed by atoms with Crippen molar-refractivity contribution in [2.75, 3.05) is 7.11 Å². The van der Waals surface area contributed by atoms with Crippen molar-refractivity contribution in [1.82, 2.24) is 0 Å². The van der Waals surface area contributed by atoms with E-state index in [1.54, 1.807) is 25.1 Å². The molecule has 0 saturated heterocycles. The molecule has 0 aliphatic carbocycles. The molecule has 3 rings (SSSR count). The number of ether oxygens (including phenoxy) is 2. The lowest BCUT2D eigenvalue weighted by Crippen LogP contribution is -2.11. The standard InChI is InChI=1S/C23H22O5S/c1-3-20(24)19-14-22(28-16-17-10-6-4-7-11-17)21(27-2)15-23(19)29(25,26)18-12-8-5-9-13-18/h4-15H,3,16H2,1-2H3. The van der Waals surface area contributed by atoms with E-state index in [1.807, 2.05) is 30.3 Å². The smallest absolute Gasteiger partial charge is 0.207 e. The van der Waals surface area contributed by atoms with Gasteiger partial charge < -0.3 is 9.47 Å². The van der Waals surface area contributed by atoms with Gasteiger partial charge in [-0.1, -0.05) is 55.5 Å². The summed E-state index contributed by atoms with van der Waals surface area (Å²) in [6, 6.07) is 20.4. The van der Waals surface area contributed by atoms with Crippen LogP contribution in [0.3, 0.4) is 0 Å². The van der Waals surface area contributed by atoms with Gasteiger partial charge in [-0.05, 0) is 23.8 Å². The fourth-order valence-corrected chi connectivity index (χ4v) is 4.40. The van der Waals surface area contributed by atoms with Gasteiger partial charge in [0.2, 0.25) is 9.84 Å². The number of carbonyl (C=O) groups excluding carboxylic acids is 1. The number of rotatable bonds is 8. The zero-order chi connectivity index (χ0) is 20.9. The van der Waals surface area contributed by atoms with E-state index in [0.29, 0.717) is 5.75 Å². The van der Waals surface area contributed by atoms with Gasteiger partial charge in [0.15, 0.2) is 17.3 Å². The molecule has 3 aromatic carbocycles. The Morgan fingerprint density at radius 2 is 1.52 bits per heavy atom. The molecule has 0 spiro atoms. The highest BCUT2D eigenvalue weighted by molar-refractivity contribution is 7.91. The van der Waals surface area contributed by atoms with E-state index >= 15 is 0 Å². The summed E-state index contributed by atoms with van der Waals surface area (Å²) in [5, 5.41) is 0. The SMILES string of the molecule is CCC(=O)c1cc(OCc2ccccc2)c(OC)cc1S(=O)(=O)c1ccccc1. The lowest BCUT2D eigenvalue weighted by atomic mass is 10.1. The van der Waals surface area contributed by atoms with Crippen LogP contribution in [0.4, 0.5) is 0 Å². The summed E-state index contributed by atoms with van der Waals surface area (Å²) in [5.41, 5.74) is 1.04. The summed E-state index contributed by atoms with van der Waals surface area (Å²) in [6.07, 6.45) is 0.168. The van der Waals surface area contributed by atoms with E-state index in [9.17, 15) is 13.2 Å². The van der Waals surface area contributed by atoms with E-state index in [4.69, 9.17) is 9.47 Å². The molecule has 0 bridgehead atoms. The van der Waals surface area contributed by atoms with Gasteiger partial charge in [-0.25, -0.2) is 8.42 Å². The third kappa shape index (κ3) is 4.49. The van der Waals surface area contributed by atoms with Gasteiger partial charge in [0.1, 0.15) is 6.61 Å². The molecule has 5 nitrogen and oxygen atoms in total. The number of methoxy groups -OCH3 is 1. The van der Waals surface area contributed by atoms with Crippen molar-refractivity contribution in [1.29, 1.82) is 0 Å². The zero-order valence-electron chi connectivity index (χ0n) is 16.3. The molecule has 0 aliphatic heterocycles. The second-order valence-electron chi connectivity index (χ2n) is 6.37. The van der Waals surface area contributed by atoms with Gasteiger partial charge in [0, 0.05) is 18.1 Å². The molecule has 0 aliphatic rings. The van der Waals surface area contributed by atoms with Crippen LogP contribution >= 0.6 is 0 Å². The van der Waals surface area contributed by atoms with Crippen molar-refractivity contribution in [3.8, 4) is 11.5 Å². The van der Waals surface area contributed by atoms with Gasteiger partial charge in [0.05, 0.1) is 16.9 Å². The molecule has 0 aromatic heterocycles. The van der Waals surface area contributed by atoms with Crippen molar-refractivity contribution < 1.29 is 22.7 Å². The highest BCUT2D eigenvalue weighted by Crippen LogP contribution is 2.36. The predicted octanol–water partition coefficient (Wildman–Crippen LogP) is 4.70. The summed E-state index contributed by atoms with van der Waals surface area (Å²) in [7, 11) is -2.46. The first-order chi connectivity index (χ1) is 14.0. The Kier molecular flexibility index (Phi) is 6.34. The van der Waals surface area contributed by atoms with Crippen LogP contribution in [0.15, 0.2) is 82.6 Å². The van der Waals surface area contributed by atoms with E-state index < -0.39 is 9.84 Å². The maximum absolute atomic E-state index is 13.2. The number of benzene rings is 3. The zero-order valence-corrected chi connectivity index (χ0v) is 17.1. The first kappa shape index (κ1) is 20.6. The molecule has 3 aromatic rings. The maximum Gasteiger partial charge on any atom is 0.207 e. The average Bonchev–Trinajstić information content (AvgIpc) is 2.77. The Labute approximate surface area is 170 Å². The molecule has 0 fully saturated rings. The van der Waals surface area contributed by atoms with Crippen molar-refractivity contribution >= 4 is 15.6 Å². The molecule has 0 N–H and O–H groups in total. The molecule has 0 atom stereocenters. The molecule has 29 heavy (non-hydrogen) atoms. The summed E-state index contributed by atoms with van der Waals surface area (Å²) >= 11 is 0. The second kappa shape index (κ2) is 8.92. The fraction of sp³-hybridized carbons (Fsp3) is 0.174. The number of carbonyl (C=O) groups is 1. The Morgan fingerprint density at radius 3 is 2.10 bits per heavy atom. The first-order valence-corrected chi connectivity index (χ1v) is 10.7. The van der Waals surface area contributed by atoms with Gasteiger partial charge >= 0.3 is 0 Å². The van der Waals surface area contributed by atoms with E-state index in [0.717, 1.165) is 5.56 Å². The summed E-state index contributed by atoms with van der Waals surface area (Å²) in [5.74, 6) is 0.287. The average molecular weight is 410 g/mol. The minimum absolute atomic E-state index is 0.0838. The Morgan fingerprint density at radius 1 is 0.897 bits per heavy atom. The summed E-state index contributed by atoms with van der Waals surface area (Å²) in [4.78, 5) is 12.6. The normalized spacial score (nSPS) is 11.1. The molecule has 0 saturated carbocycles. The minimum atomic E-state index is -3.90. The van der Waals surface area contributed by atoms with Crippen LogP contribution in [0.1, 0.15) is 29.3 Å². The Bertz CT molecular complexity index is 1090. The van der Waals surface area contributed by atoms with Gasteiger partial charge in [-0.2, -0.15) is 0 Å². The molecule has 0 heterocycles. The fourth-order valence-electron chi connectivity index (χ4n) is 2.91. The molecular formula is C23H22O5S. The molecule has 0 unspecified atom stereocenters. The molecule has 150 valence electrons. The quantitative estimate of drug-likeness (QED) is 0.504. The van der Waals surface area contributed by atoms with Crippen LogP contribution in [-0.4, -0.2) is 21.3 Å². The van der Waals surface area contributed by atoms with Crippen molar-refractivity contribution in [3.63, 3.8) is 0 Å². The van der Waals surface area contributed by atoms with Crippen molar-refractivity contribution in [2.24, 2.45) is 0 Å². The molecule has 6 heteroatoms. The van der Waals surface area contributed by atoms with Gasteiger partial charge in [0.25, 0.3) is 0 Å². The largest absolute Gasteiger partial charge is 0.493 e. The maximum atomic E-state index is 13.2. The van der Waals surface area contributed by atoms with E-state index in [-0.39, 0.29) is 39.9 Å². The lowest BCUT2D eigenvalue weighted by molar-refractivity contribution is 0.0984. The van der Waals surface area contributed by atoms with Crippen LogP contribution in [0, 0.1) is 0 Å². The second-order valence-corrected chi connectivity index (χ2v) is 8.28. The molecular weight excluding hydrogens is 388 g/mol.